The summed E-state index contributed by atoms with van der Waals surface area (Å²) < 4.78 is 0. The van der Waals surface area contributed by atoms with Crippen LogP contribution in [0.2, 0.25) is 0 Å². The highest BCUT2D eigenvalue weighted by Gasteiger charge is 2.39. The summed E-state index contributed by atoms with van der Waals surface area (Å²) in [6.45, 7) is 11.0. The molecule has 3 N–H and O–H groups in total. The maximum absolute atomic E-state index is 11.7. The average molecular weight is 281 g/mol. The maximum atomic E-state index is 11.7. The van der Waals surface area contributed by atoms with Crippen LogP contribution in [0.5, 0.6) is 0 Å². The first-order valence-electron chi connectivity index (χ1n) is 7.05. The zero-order valence-corrected chi connectivity index (χ0v) is 13.3. The van der Waals surface area contributed by atoms with E-state index < -0.39 is 11.1 Å². The van der Waals surface area contributed by atoms with Crippen LogP contribution < -0.4 is 5.32 Å². The molecule has 0 saturated heterocycles. The van der Waals surface area contributed by atoms with Crippen molar-refractivity contribution < 1.29 is 9.90 Å². The third-order valence-corrected chi connectivity index (χ3v) is 4.27. The molecular formula is C15H27N3O2. The Labute approximate surface area is 121 Å². The second-order valence-electron chi connectivity index (χ2n) is 6.54. The van der Waals surface area contributed by atoms with Gasteiger partial charge in [-0.15, -0.1) is 0 Å². The number of imidazole rings is 1. The molecule has 1 unspecified atom stereocenters. The highest BCUT2D eigenvalue weighted by atomic mass is 16.3. The number of ketones is 1. The molecule has 0 amide bonds. The molecule has 0 aliphatic rings. The summed E-state index contributed by atoms with van der Waals surface area (Å²) in [5.41, 5.74) is -0.677. The van der Waals surface area contributed by atoms with Gasteiger partial charge >= 0.3 is 0 Å². The highest BCUT2D eigenvalue weighted by molar-refractivity contribution is 5.85. The molecular weight excluding hydrogens is 254 g/mol. The fraction of sp³-hybridized carbons (Fsp3) is 0.733. The second kappa shape index (κ2) is 6.06. The molecule has 20 heavy (non-hydrogen) atoms. The Morgan fingerprint density at radius 2 is 2.05 bits per heavy atom. The van der Waals surface area contributed by atoms with Crippen LogP contribution in [-0.2, 0) is 11.2 Å². The summed E-state index contributed by atoms with van der Waals surface area (Å²) in [5, 5.41) is 14.1. The van der Waals surface area contributed by atoms with Crippen LogP contribution in [0.25, 0.3) is 0 Å². The Bertz CT molecular complexity index is 436. The van der Waals surface area contributed by atoms with E-state index in [1.54, 1.807) is 19.4 Å². The van der Waals surface area contributed by atoms with Gasteiger partial charge in [0.15, 0.2) is 0 Å². The topological polar surface area (TPSA) is 78.0 Å². The van der Waals surface area contributed by atoms with E-state index in [9.17, 15) is 9.90 Å². The summed E-state index contributed by atoms with van der Waals surface area (Å²) in [7, 11) is 0. The minimum Gasteiger partial charge on any atom is -0.388 e. The fourth-order valence-electron chi connectivity index (χ4n) is 1.96. The van der Waals surface area contributed by atoms with Crippen molar-refractivity contribution in [2.45, 2.75) is 65.1 Å². The summed E-state index contributed by atoms with van der Waals surface area (Å²) in [6, 6.07) is -0.248. The number of nitrogens with one attached hydrogen (secondary N) is 2. The Morgan fingerprint density at radius 3 is 2.45 bits per heavy atom. The number of hydrogen-bond donors (Lipinski definition) is 3. The van der Waals surface area contributed by atoms with Gasteiger partial charge in [0.25, 0.3) is 0 Å². The number of carbonyl (C=O) groups is 1. The maximum Gasteiger partial charge on any atom is 0.149 e. The molecule has 5 heteroatoms. The van der Waals surface area contributed by atoms with Crippen LogP contribution in [0.4, 0.5) is 0 Å². The first-order valence-corrected chi connectivity index (χ1v) is 7.05. The van der Waals surface area contributed by atoms with E-state index in [-0.39, 0.29) is 17.7 Å². The molecule has 114 valence electrons. The summed E-state index contributed by atoms with van der Waals surface area (Å²) in [6.07, 6.45) is 3.94. The van der Waals surface area contributed by atoms with Crippen molar-refractivity contribution >= 4 is 5.78 Å². The van der Waals surface area contributed by atoms with E-state index in [0.29, 0.717) is 6.42 Å². The van der Waals surface area contributed by atoms with Gasteiger partial charge in [0.05, 0.1) is 17.5 Å². The van der Waals surface area contributed by atoms with Crippen molar-refractivity contribution in [3.05, 3.63) is 18.2 Å². The zero-order chi connectivity index (χ0) is 15.6. The van der Waals surface area contributed by atoms with Crippen molar-refractivity contribution in [1.82, 2.24) is 15.3 Å². The van der Waals surface area contributed by atoms with Crippen LogP contribution >= 0.6 is 0 Å². The van der Waals surface area contributed by atoms with E-state index in [0.717, 1.165) is 5.69 Å². The van der Waals surface area contributed by atoms with Gasteiger partial charge < -0.3 is 10.1 Å². The molecule has 5 nitrogen and oxygen atoms in total. The molecule has 1 aromatic heterocycles. The molecule has 0 fully saturated rings. The monoisotopic (exact) mass is 281 g/mol. The van der Waals surface area contributed by atoms with Gasteiger partial charge in [-0.3, -0.25) is 10.1 Å². The lowest BCUT2D eigenvalue weighted by Crippen LogP contribution is -2.61. The predicted octanol–water partition coefficient (Wildman–Crippen LogP) is 1.68. The number of nitrogens with zero attached hydrogens (tertiary/aromatic N) is 1. The summed E-state index contributed by atoms with van der Waals surface area (Å²) in [4.78, 5) is 18.8. The molecule has 0 saturated carbocycles. The van der Waals surface area contributed by atoms with Crippen LogP contribution in [0.15, 0.2) is 12.5 Å². The lowest BCUT2D eigenvalue weighted by molar-refractivity contribution is -0.123. The molecule has 0 aliphatic carbocycles. The quantitative estimate of drug-likeness (QED) is 0.710. The number of rotatable bonds is 7. The average Bonchev–Trinajstić information content (AvgIpc) is 2.80. The van der Waals surface area contributed by atoms with Crippen molar-refractivity contribution in [2.24, 2.45) is 5.92 Å². The number of aromatic amines is 1. The molecule has 1 aromatic rings. The van der Waals surface area contributed by atoms with Crippen LogP contribution in [0, 0.1) is 5.92 Å². The minimum atomic E-state index is -0.933. The van der Waals surface area contributed by atoms with Crippen molar-refractivity contribution in [2.75, 3.05) is 0 Å². The summed E-state index contributed by atoms with van der Waals surface area (Å²) >= 11 is 0. The Balaban J connectivity index is 2.99. The lowest BCUT2D eigenvalue weighted by atomic mass is 9.81. The lowest BCUT2D eigenvalue weighted by Gasteiger charge is -2.41. The van der Waals surface area contributed by atoms with Crippen molar-refractivity contribution in [3.8, 4) is 0 Å². The number of Topliss-reactive ketones (excluding diaryl/α,β-unsaturated/α-hetero) is 1. The van der Waals surface area contributed by atoms with Gasteiger partial charge in [-0.1, -0.05) is 13.8 Å². The van der Waals surface area contributed by atoms with Crippen molar-refractivity contribution in [3.63, 3.8) is 0 Å². The van der Waals surface area contributed by atoms with E-state index >= 15 is 0 Å². The van der Waals surface area contributed by atoms with Crippen molar-refractivity contribution in [1.29, 1.82) is 0 Å². The van der Waals surface area contributed by atoms with Crippen LogP contribution in [-0.4, -0.2) is 38.0 Å². The number of hydrogen-bond acceptors (Lipinski definition) is 4. The molecule has 0 aliphatic heterocycles. The second-order valence-corrected chi connectivity index (χ2v) is 6.54. The standard InChI is InChI=1S/C15H27N3O2/c1-10(2)15(6,20)13(7-12-8-16-9-17-12)18-14(4,5)11(3)19/h8-10,13,18,20H,7H2,1-6H3,(H,16,17)/t13-,15?/m0/s1. The number of aliphatic hydroxyl groups is 1. The zero-order valence-electron chi connectivity index (χ0n) is 13.3. The number of H-pyrrole nitrogens is 1. The SMILES string of the molecule is CC(=O)C(C)(C)N[C@@H](Cc1cnc[nH]1)C(C)(O)C(C)C. The highest BCUT2D eigenvalue weighted by Crippen LogP contribution is 2.25. The molecule has 2 atom stereocenters. The Hall–Kier alpha value is -1.20. The van der Waals surface area contributed by atoms with E-state index in [1.165, 1.54) is 0 Å². The first kappa shape index (κ1) is 16.9. The first-order chi connectivity index (χ1) is 9.07. The smallest absolute Gasteiger partial charge is 0.149 e. The predicted molar refractivity (Wildman–Crippen MR) is 79.4 cm³/mol. The third kappa shape index (κ3) is 3.90. The van der Waals surface area contributed by atoms with Gasteiger partial charge in [0.2, 0.25) is 0 Å². The third-order valence-electron chi connectivity index (χ3n) is 4.27. The van der Waals surface area contributed by atoms with E-state index in [4.69, 9.17) is 0 Å². The van der Waals surface area contributed by atoms with E-state index in [1.807, 2.05) is 34.6 Å². The Morgan fingerprint density at radius 1 is 1.45 bits per heavy atom. The van der Waals surface area contributed by atoms with Crippen LogP contribution in [0.3, 0.4) is 0 Å². The Kier molecular flexibility index (Phi) is 5.10. The molecule has 0 spiro atoms. The minimum absolute atomic E-state index is 0.0478. The summed E-state index contributed by atoms with van der Waals surface area (Å²) in [5.74, 6) is 0.109. The van der Waals surface area contributed by atoms with Gasteiger partial charge in [0, 0.05) is 24.4 Å². The molecule has 1 heterocycles. The fourth-order valence-corrected chi connectivity index (χ4v) is 1.96. The van der Waals surface area contributed by atoms with Gasteiger partial charge in [-0.25, -0.2) is 4.98 Å². The van der Waals surface area contributed by atoms with Gasteiger partial charge in [0.1, 0.15) is 5.78 Å². The molecule has 0 bridgehead atoms. The van der Waals surface area contributed by atoms with Crippen LogP contribution in [0.1, 0.15) is 47.2 Å². The van der Waals surface area contributed by atoms with Gasteiger partial charge in [-0.05, 0) is 33.6 Å². The van der Waals surface area contributed by atoms with E-state index in [2.05, 4.69) is 15.3 Å². The number of aromatic nitrogens is 2. The molecule has 0 aromatic carbocycles. The molecule has 1 rings (SSSR count). The molecule has 0 radical (unpaired) electrons. The van der Waals surface area contributed by atoms with Gasteiger partial charge in [-0.2, -0.15) is 0 Å². The number of carbonyl (C=O) groups excluding carboxylic acids is 1. The largest absolute Gasteiger partial charge is 0.388 e. The normalized spacial score (nSPS) is 17.0.